The summed E-state index contributed by atoms with van der Waals surface area (Å²) in [6, 6.07) is 0. The van der Waals surface area contributed by atoms with Gasteiger partial charge in [-0.1, -0.05) is 13.0 Å². The van der Waals surface area contributed by atoms with Crippen molar-refractivity contribution in [1.82, 2.24) is 0 Å². The van der Waals surface area contributed by atoms with Crippen LogP contribution in [-0.4, -0.2) is 114 Å². The topological polar surface area (TPSA) is 105 Å². The smallest absolute Gasteiger partial charge is 0.307 e. The van der Waals surface area contributed by atoms with E-state index in [2.05, 4.69) is 39.3 Å². The summed E-state index contributed by atoms with van der Waals surface area (Å²) in [4.78, 5) is 4.25. The molecule has 2 fully saturated rings. The van der Waals surface area contributed by atoms with E-state index >= 15 is 0 Å². The third-order valence-corrected chi connectivity index (χ3v) is 6.42. The Hall–Kier alpha value is -1.15. The highest BCUT2D eigenvalue weighted by Crippen LogP contribution is 2.22. The number of methoxy groups -OCH3 is 1. The standard InChI is InChI=1S/C11H22O3.C10H19NO2.C10H20O4.C7H14O/c1-11(2,3)14-9-8-13-10-6-4-5-7-12-10;1-8(7-13-10(2,3)4)9-11-5-6-12-9;1-9(2,3)14-8-10(11-4)12-6-5-7-13-10;1-5-6-8-7(2,3)4/h10H,4-9H2,1-3H3;8H,5-7H2,1-4H3;5-8H2,1-4H3;5H,1,6H2,2-4H3. The SMILES string of the molecule is C=CCOC(C)(C)C.CC(C)(C)OCCOC1CCCCO1.CC(COC(C)(C)C)C1=NCCO1.COC1(COC(C)(C)C)OCCCO1. The molecule has 3 rings (SSSR count). The third kappa shape index (κ3) is 29.2. The predicted octanol–water partition coefficient (Wildman–Crippen LogP) is 7.74. The molecule has 11 heteroatoms. The monoisotopic (exact) mass is 706 g/mol. The van der Waals surface area contributed by atoms with Gasteiger partial charge in [0, 0.05) is 13.7 Å². The molecule has 0 spiro atoms. The Morgan fingerprint density at radius 2 is 1.37 bits per heavy atom. The molecule has 292 valence electrons. The lowest BCUT2D eigenvalue weighted by Crippen LogP contribution is -2.48. The molecule has 0 aliphatic carbocycles. The molecule has 2 saturated heterocycles. The molecule has 2 atom stereocenters. The summed E-state index contributed by atoms with van der Waals surface area (Å²) in [5.41, 5.74) is -0.381. The Morgan fingerprint density at radius 3 is 1.80 bits per heavy atom. The van der Waals surface area contributed by atoms with Gasteiger partial charge in [0.25, 0.3) is 0 Å². The fourth-order valence-corrected chi connectivity index (χ4v) is 3.90. The van der Waals surface area contributed by atoms with Crippen molar-refractivity contribution in [1.29, 1.82) is 0 Å². The fraction of sp³-hybridized carbons (Fsp3) is 0.921. The lowest BCUT2D eigenvalue weighted by Gasteiger charge is -2.36. The number of hydrogen-bond acceptors (Lipinski definition) is 11. The molecule has 0 N–H and O–H groups in total. The Kier molecular flexibility index (Phi) is 23.6. The molecule has 0 amide bonds. The van der Waals surface area contributed by atoms with Crippen LogP contribution < -0.4 is 0 Å². The molecular weight excluding hydrogens is 630 g/mol. The van der Waals surface area contributed by atoms with Crippen LogP contribution >= 0.6 is 0 Å². The molecule has 2 unspecified atom stereocenters. The number of rotatable bonds is 12. The Labute approximate surface area is 300 Å². The second-order valence-electron chi connectivity index (χ2n) is 16.1. The summed E-state index contributed by atoms with van der Waals surface area (Å²) in [6.45, 7) is 36.5. The maximum Gasteiger partial charge on any atom is 0.307 e. The van der Waals surface area contributed by atoms with Crippen LogP contribution in [0.1, 0.15) is 116 Å². The Morgan fingerprint density at radius 1 is 0.776 bits per heavy atom. The summed E-state index contributed by atoms with van der Waals surface area (Å²) >= 11 is 0. The average Bonchev–Trinajstić information content (AvgIpc) is 3.56. The first-order chi connectivity index (χ1) is 22.6. The molecule has 49 heavy (non-hydrogen) atoms. The summed E-state index contributed by atoms with van der Waals surface area (Å²) < 4.78 is 54.4. The van der Waals surface area contributed by atoms with E-state index in [-0.39, 0.29) is 34.6 Å². The lowest BCUT2D eigenvalue weighted by atomic mass is 10.1. The lowest BCUT2D eigenvalue weighted by molar-refractivity contribution is -0.408. The molecule has 0 bridgehead atoms. The van der Waals surface area contributed by atoms with Crippen molar-refractivity contribution in [3.8, 4) is 0 Å². The van der Waals surface area contributed by atoms with E-state index in [4.69, 9.17) is 47.4 Å². The van der Waals surface area contributed by atoms with Crippen molar-refractivity contribution in [2.24, 2.45) is 10.9 Å². The number of nitrogens with zero attached hydrogens (tertiary/aromatic N) is 1. The van der Waals surface area contributed by atoms with E-state index in [1.165, 1.54) is 12.8 Å². The predicted molar refractivity (Wildman–Crippen MR) is 196 cm³/mol. The Bertz CT molecular complexity index is 856. The van der Waals surface area contributed by atoms with Crippen molar-refractivity contribution in [2.45, 2.75) is 150 Å². The van der Waals surface area contributed by atoms with Crippen molar-refractivity contribution < 1.29 is 47.4 Å². The normalized spacial score (nSPS) is 20.2. The first-order valence-electron chi connectivity index (χ1n) is 18.0. The molecular formula is C38H75NO10. The second-order valence-corrected chi connectivity index (χ2v) is 16.1. The van der Waals surface area contributed by atoms with E-state index in [1.807, 2.05) is 62.3 Å². The second kappa shape index (κ2) is 24.2. The zero-order chi connectivity index (χ0) is 37.6. The molecule has 3 heterocycles. The Balaban J connectivity index is 0.000000639. The molecule has 11 nitrogen and oxygen atoms in total. The van der Waals surface area contributed by atoms with E-state index in [0.29, 0.717) is 46.2 Å². The highest BCUT2D eigenvalue weighted by molar-refractivity contribution is 5.79. The van der Waals surface area contributed by atoms with E-state index < -0.39 is 5.97 Å². The van der Waals surface area contributed by atoms with Crippen molar-refractivity contribution >= 4 is 5.90 Å². The molecule has 0 aromatic heterocycles. The first kappa shape index (κ1) is 47.8. The summed E-state index contributed by atoms with van der Waals surface area (Å²) in [5, 5.41) is 0. The fourth-order valence-electron chi connectivity index (χ4n) is 3.90. The van der Waals surface area contributed by atoms with Gasteiger partial charge in [-0.3, -0.25) is 4.99 Å². The zero-order valence-corrected chi connectivity index (χ0v) is 33.9. The van der Waals surface area contributed by atoms with Gasteiger partial charge < -0.3 is 47.4 Å². The largest absolute Gasteiger partial charge is 0.479 e. The summed E-state index contributed by atoms with van der Waals surface area (Å²) in [7, 11) is 1.57. The average molecular weight is 706 g/mol. The van der Waals surface area contributed by atoms with E-state index in [0.717, 1.165) is 38.5 Å². The minimum atomic E-state index is -0.995. The van der Waals surface area contributed by atoms with Crippen LogP contribution in [0.15, 0.2) is 17.6 Å². The molecule has 0 aromatic rings. The minimum Gasteiger partial charge on any atom is -0.479 e. The van der Waals surface area contributed by atoms with Crippen LogP contribution in [0.4, 0.5) is 0 Å². The van der Waals surface area contributed by atoms with Crippen molar-refractivity contribution in [3.63, 3.8) is 0 Å². The van der Waals surface area contributed by atoms with Crippen LogP contribution in [0.2, 0.25) is 0 Å². The van der Waals surface area contributed by atoms with Gasteiger partial charge in [0.15, 0.2) is 12.2 Å². The van der Waals surface area contributed by atoms with Crippen molar-refractivity contribution in [3.05, 3.63) is 12.7 Å². The van der Waals surface area contributed by atoms with Crippen LogP contribution in [0.3, 0.4) is 0 Å². The first-order valence-corrected chi connectivity index (χ1v) is 18.0. The van der Waals surface area contributed by atoms with Gasteiger partial charge in [-0.2, -0.15) is 0 Å². The molecule has 0 radical (unpaired) electrons. The van der Waals surface area contributed by atoms with Crippen molar-refractivity contribution in [2.75, 3.05) is 73.1 Å². The van der Waals surface area contributed by atoms with Gasteiger partial charge in [0.1, 0.15) is 13.2 Å². The quantitative estimate of drug-likeness (QED) is 0.148. The summed E-state index contributed by atoms with van der Waals surface area (Å²) in [5.74, 6) is 0.136. The highest BCUT2D eigenvalue weighted by Gasteiger charge is 2.37. The number of ether oxygens (including phenoxy) is 10. The maximum absolute atomic E-state index is 5.64. The third-order valence-electron chi connectivity index (χ3n) is 6.42. The molecule has 3 aliphatic heterocycles. The highest BCUT2D eigenvalue weighted by atomic mass is 16.9. The van der Waals surface area contributed by atoms with Crippen LogP contribution in [0.25, 0.3) is 0 Å². The van der Waals surface area contributed by atoms with E-state index in [9.17, 15) is 0 Å². The van der Waals surface area contributed by atoms with Crippen LogP contribution in [-0.2, 0) is 47.4 Å². The maximum atomic E-state index is 5.64. The minimum absolute atomic E-state index is 0.00678. The van der Waals surface area contributed by atoms with Gasteiger partial charge in [-0.05, 0) is 109 Å². The van der Waals surface area contributed by atoms with E-state index in [1.54, 1.807) is 13.2 Å². The van der Waals surface area contributed by atoms with Crippen LogP contribution in [0, 0.1) is 5.92 Å². The number of hydrogen-bond donors (Lipinski definition) is 0. The molecule has 3 aliphatic rings. The van der Waals surface area contributed by atoms with Gasteiger partial charge >= 0.3 is 5.97 Å². The molecule has 0 saturated carbocycles. The van der Waals surface area contributed by atoms with Crippen LogP contribution in [0.5, 0.6) is 0 Å². The zero-order valence-electron chi connectivity index (χ0n) is 33.9. The van der Waals surface area contributed by atoms with Gasteiger partial charge in [0.05, 0.1) is 74.5 Å². The number of aliphatic imine (C=N–C) groups is 1. The summed E-state index contributed by atoms with van der Waals surface area (Å²) in [6.07, 6.45) is 6.07. The van der Waals surface area contributed by atoms with Gasteiger partial charge in [0.2, 0.25) is 0 Å². The molecule has 0 aromatic carbocycles. The van der Waals surface area contributed by atoms with Gasteiger partial charge in [-0.15, -0.1) is 6.58 Å². The van der Waals surface area contributed by atoms with Gasteiger partial charge in [-0.25, -0.2) is 0 Å².